The lowest BCUT2D eigenvalue weighted by Gasteiger charge is -2.23. The minimum Gasteiger partial charge on any atom is -0.377 e. The lowest BCUT2D eigenvalue weighted by atomic mass is 10.5. The third kappa shape index (κ3) is 3.64. The van der Waals surface area contributed by atoms with Crippen LogP contribution in [0.4, 0.5) is 0 Å². The Balaban J connectivity index is 3.76. The molecular formula is C7H16O4Si. The minimum absolute atomic E-state index is 0.491. The second kappa shape index (κ2) is 6.56. The van der Waals surface area contributed by atoms with Crippen molar-refractivity contribution in [3.8, 4) is 0 Å². The van der Waals surface area contributed by atoms with Crippen molar-refractivity contribution in [3.05, 3.63) is 7.11 Å². The second-order valence-electron chi connectivity index (χ2n) is 2.27. The van der Waals surface area contributed by atoms with Gasteiger partial charge in [0.05, 0.1) is 0 Å². The predicted molar refractivity (Wildman–Crippen MR) is 46.5 cm³/mol. The Kier molecular flexibility index (Phi) is 6.59. The van der Waals surface area contributed by atoms with Gasteiger partial charge in [-0.25, -0.2) is 0 Å². The number of hydrogen-bond donors (Lipinski definition) is 0. The van der Waals surface area contributed by atoms with Crippen molar-refractivity contribution in [1.29, 1.82) is 0 Å². The molecule has 0 aliphatic rings. The number of hydrogen-bond acceptors (Lipinski definition) is 4. The highest BCUT2D eigenvalue weighted by Crippen LogP contribution is 2.14. The maximum Gasteiger partial charge on any atom is 0.500 e. The molecule has 0 aromatic carbocycles. The van der Waals surface area contributed by atoms with E-state index in [1.807, 2.05) is 0 Å². The van der Waals surface area contributed by atoms with Crippen LogP contribution in [-0.4, -0.2) is 36.7 Å². The topological polar surface area (TPSA) is 36.9 Å². The standard InChI is InChI=1S/C7H16O4Si/c1-8-6-5-7-12(9-2,10-3)11-4/h1H,5-7H2,2-4H3. The van der Waals surface area contributed by atoms with Crippen molar-refractivity contribution >= 4 is 8.80 Å². The molecule has 0 bridgehead atoms. The molecule has 0 atom stereocenters. The summed E-state index contributed by atoms with van der Waals surface area (Å²) in [5.41, 5.74) is 0. The van der Waals surface area contributed by atoms with Gasteiger partial charge in [0.15, 0.2) is 0 Å². The first kappa shape index (κ1) is 12.1. The normalized spacial score (nSPS) is 12.0. The van der Waals surface area contributed by atoms with Gasteiger partial charge in [0, 0.05) is 34.0 Å². The van der Waals surface area contributed by atoms with Gasteiger partial charge in [0.2, 0.25) is 0 Å². The van der Waals surface area contributed by atoms with Crippen molar-refractivity contribution < 1.29 is 18.0 Å². The second-order valence-corrected chi connectivity index (χ2v) is 5.36. The van der Waals surface area contributed by atoms with Crippen LogP contribution in [-0.2, 0) is 18.0 Å². The lowest BCUT2D eigenvalue weighted by Crippen LogP contribution is -2.42. The fourth-order valence-electron chi connectivity index (χ4n) is 0.928. The molecule has 0 aliphatic carbocycles. The zero-order valence-corrected chi connectivity index (χ0v) is 8.83. The minimum atomic E-state index is -2.39. The fraction of sp³-hybridized carbons (Fsp3) is 0.857. The third-order valence-electron chi connectivity index (χ3n) is 1.68. The lowest BCUT2D eigenvalue weighted by molar-refractivity contribution is 0.119. The Morgan fingerprint density at radius 2 is 1.58 bits per heavy atom. The molecule has 0 amide bonds. The smallest absolute Gasteiger partial charge is 0.377 e. The average Bonchev–Trinajstić information content (AvgIpc) is 2.14. The highest BCUT2D eigenvalue weighted by atomic mass is 28.4. The number of ether oxygens (including phenoxy) is 1. The summed E-state index contributed by atoms with van der Waals surface area (Å²) in [5.74, 6) is 0. The molecule has 0 unspecified atom stereocenters. The summed E-state index contributed by atoms with van der Waals surface area (Å²) in [7, 11) is 7.24. The molecule has 72 valence electrons. The van der Waals surface area contributed by atoms with Gasteiger partial charge in [0.25, 0.3) is 0 Å². The Bertz CT molecular complexity index is 97.3. The van der Waals surface area contributed by atoms with Crippen LogP contribution in [0.5, 0.6) is 0 Å². The van der Waals surface area contributed by atoms with Crippen LogP contribution in [0.25, 0.3) is 0 Å². The Morgan fingerprint density at radius 1 is 1.08 bits per heavy atom. The maximum atomic E-state index is 5.18. The Morgan fingerprint density at radius 3 is 1.92 bits per heavy atom. The number of rotatable bonds is 7. The van der Waals surface area contributed by atoms with E-state index in [9.17, 15) is 0 Å². The van der Waals surface area contributed by atoms with E-state index in [0.717, 1.165) is 6.42 Å². The molecule has 0 spiro atoms. The highest BCUT2D eigenvalue weighted by molar-refractivity contribution is 6.60. The van der Waals surface area contributed by atoms with Crippen LogP contribution in [0.3, 0.4) is 0 Å². The quantitative estimate of drug-likeness (QED) is 0.444. The summed E-state index contributed by atoms with van der Waals surface area (Å²) in [6.45, 7) is 0.491. The molecule has 0 saturated heterocycles. The zero-order chi connectivity index (χ0) is 9.45. The van der Waals surface area contributed by atoms with Crippen LogP contribution in [0.15, 0.2) is 0 Å². The Labute approximate surface area is 75.1 Å². The summed E-state index contributed by atoms with van der Waals surface area (Å²) in [6, 6.07) is 0.716. The summed E-state index contributed by atoms with van der Waals surface area (Å²) < 4.78 is 20.0. The van der Waals surface area contributed by atoms with Gasteiger partial charge >= 0.3 is 8.80 Å². The van der Waals surface area contributed by atoms with E-state index in [-0.39, 0.29) is 0 Å². The zero-order valence-electron chi connectivity index (χ0n) is 7.83. The summed E-state index contributed by atoms with van der Waals surface area (Å²) in [5, 5.41) is 0. The van der Waals surface area contributed by atoms with Crippen LogP contribution in [0, 0.1) is 7.11 Å². The molecule has 0 aromatic heterocycles. The first-order valence-corrected chi connectivity index (χ1v) is 5.65. The fourth-order valence-corrected chi connectivity index (χ4v) is 2.62. The molecular weight excluding hydrogens is 176 g/mol. The van der Waals surface area contributed by atoms with Gasteiger partial charge in [0.1, 0.15) is 7.11 Å². The molecule has 0 heterocycles. The van der Waals surface area contributed by atoms with Crippen molar-refractivity contribution in [3.63, 3.8) is 0 Å². The first-order valence-electron chi connectivity index (χ1n) is 3.72. The van der Waals surface area contributed by atoms with Gasteiger partial charge in [-0.1, -0.05) is 0 Å². The molecule has 2 radical (unpaired) electrons. The Hall–Kier alpha value is 0.0569. The molecule has 0 aromatic rings. The average molecular weight is 192 g/mol. The van der Waals surface area contributed by atoms with Crippen molar-refractivity contribution in [1.82, 2.24) is 0 Å². The summed E-state index contributed by atoms with van der Waals surface area (Å²) >= 11 is 0. The van der Waals surface area contributed by atoms with E-state index >= 15 is 0 Å². The van der Waals surface area contributed by atoms with Crippen LogP contribution < -0.4 is 0 Å². The predicted octanol–water partition coefficient (Wildman–Crippen LogP) is 0.940. The SMILES string of the molecule is [CH]OCCC[Si](OC)(OC)OC. The van der Waals surface area contributed by atoms with Gasteiger partial charge in [-0.15, -0.1) is 0 Å². The third-order valence-corrected chi connectivity index (χ3v) is 4.51. The summed E-state index contributed by atoms with van der Waals surface area (Å²) in [4.78, 5) is 0. The monoisotopic (exact) mass is 192 g/mol. The maximum absolute atomic E-state index is 5.18. The van der Waals surface area contributed by atoms with Crippen LogP contribution >= 0.6 is 0 Å². The van der Waals surface area contributed by atoms with E-state index in [1.54, 1.807) is 21.3 Å². The van der Waals surface area contributed by atoms with Gasteiger partial charge in [-0.3, -0.25) is 0 Å². The molecule has 0 fully saturated rings. The molecule has 0 N–H and O–H groups in total. The van der Waals surface area contributed by atoms with Gasteiger partial charge in [-0.2, -0.15) is 0 Å². The van der Waals surface area contributed by atoms with Crippen LogP contribution in [0.1, 0.15) is 6.42 Å². The van der Waals surface area contributed by atoms with Gasteiger partial charge in [-0.05, 0) is 6.42 Å². The molecule has 4 nitrogen and oxygen atoms in total. The molecule has 0 saturated carbocycles. The van der Waals surface area contributed by atoms with Crippen molar-refractivity contribution in [2.45, 2.75) is 12.5 Å². The molecule has 12 heavy (non-hydrogen) atoms. The molecule has 0 rings (SSSR count). The molecule has 0 aliphatic heterocycles. The van der Waals surface area contributed by atoms with E-state index in [2.05, 4.69) is 4.74 Å². The highest BCUT2D eigenvalue weighted by Gasteiger charge is 2.36. The molecule has 5 heteroatoms. The first-order chi connectivity index (χ1) is 5.74. The van der Waals surface area contributed by atoms with E-state index < -0.39 is 8.80 Å². The van der Waals surface area contributed by atoms with E-state index in [0.29, 0.717) is 12.7 Å². The van der Waals surface area contributed by atoms with E-state index in [1.165, 1.54) is 0 Å². The van der Waals surface area contributed by atoms with Crippen molar-refractivity contribution in [2.75, 3.05) is 27.9 Å². The largest absolute Gasteiger partial charge is 0.500 e. The van der Waals surface area contributed by atoms with Crippen LogP contribution in [0.2, 0.25) is 6.04 Å². The summed E-state index contributed by atoms with van der Waals surface area (Å²) in [6.07, 6.45) is 0.776. The van der Waals surface area contributed by atoms with Gasteiger partial charge < -0.3 is 18.0 Å². The van der Waals surface area contributed by atoms with Crippen molar-refractivity contribution in [2.24, 2.45) is 0 Å². The van der Waals surface area contributed by atoms with E-state index in [4.69, 9.17) is 20.4 Å².